The van der Waals surface area contributed by atoms with E-state index < -0.39 is 10.0 Å². The fourth-order valence-electron chi connectivity index (χ4n) is 5.06. The largest absolute Gasteiger partial charge is 0.368 e. The van der Waals surface area contributed by atoms with E-state index in [-0.39, 0.29) is 29.3 Å². The molecule has 3 heterocycles. The number of aromatic nitrogens is 3. The van der Waals surface area contributed by atoms with Gasteiger partial charge in [-0.25, -0.2) is 13.1 Å². The van der Waals surface area contributed by atoms with Crippen molar-refractivity contribution >= 4 is 32.7 Å². The molecule has 186 valence electrons. The van der Waals surface area contributed by atoms with Crippen LogP contribution in [0.2, 0.25) is 0 Å². The Morgan fingerprint density at radius 2 is 1.74 bits per heavy atom. The Kier molecular flexibility index (Phi) is 6.50. The average molecular weight is 497 g/mol. The van der Waals surface area contributed by atoms with E-state index in [1.165, 1.54) is 9.99 Å². The highest BCUT2D eigenvalue weighted by Crippen LogP contribution is 2.28. The summed E-state index contributed by atoms with van der Waals surface area (Å²) in [6.45, 7) is 7.51. The quantitative estimate of drug-likeness (QED) is 0.540. The molecule has 1 atom stereocenters. The second-order valence-corrected chi connectivity index (χ2v) is 11.6. The predicted octanol–water partition coefficient (Wildman–Crippen LogP) is 2.76. The molecular formula is C25H32N6O3S. The number of carbonyl (C=O) groups excluding carboxylic acids is 1. The van der Waals surface area contributed by atoms with Gasteiger partial charge in [0.05, 0.1) is 16.3 Å². The van der Waals surface area contributed by atoms with Crippen LogP contribution in [0.1, 0.15) is 32.7 Å². The van der Waals surface area contributed by atoms with Gasteiger partial charge < -0.3 is 9.80 Å². The van der Waals surface area contributed by atoms with Gasteiger partial charge in [0.2, 0.25) is 15.9 Å². The second kappa shape index (κ2) is 9.58. The van der Waals surface area contributed by atoms with E-state index in [4.69, 9.17) is 0 Å². The maximum Gasteiger partial charge on any atom is 0.243 e. The molecule has 0 radical (unpaired) electrons. The summed E-state index contributed by atoms with van der Waals surface area (Å²) in [4.78, 5) is 17.7. The topological polar surface area (TPSA) is 91.6 Å². The summed E-state index contributed by atoms with van der Waals surface area (Å²) in [5.74, 6) is -0.250. The molecule has 0 N–H and O–H groups in total. The summed E-state index contributed by atoms with van der Waals surface area (Å²) in [6, 6.07) is 15.3. The van der Waals surface area contributed by atoms with Gasteiger partial charge >= 0.3 is 0 Å². The first-order valence-electron chi connectivity index (χ1n) is 12.3. The minimum atomic E-state index is -3.73. The Balaban J connectivity index is 1.26. The van der Waals surface area contributed by atoms with Gasteiger partial charge in [-0.05, 0) is 57.0 Å². The minimum absolute atomic E-state index is 0.0629. The van der Waals surface area contributed by atoms with Gasteiger partial charge in [0, 0.05) is 51.0 Å². The Morgan fingerprint density at radius 1 is 1.00 bits per heavy atom. The number of benzene rings is 2. The Labute approximate surface area is 206 Å². The highest BCUT2D eigenvalue weighted by Gasteiger charge is 2.36. The van der Waals surface area contributed by atoms with Crippen LogP contribution >= 0.6 is 0 Å². The monoisotopic (exact) mass is 496 g/mol. The van der Waals surface area contributed by atoms with Crippen molar-refractivity contribution in [2.75, 3.05) is 44.2 Å². The van der Waals surface area contributed by atoms with E-state index in [2.05, 4.69) is 27.3 Å². The molecule has 2 fully saturated rings. The number of amides is 1. The van der Waals surface area contributed by atoms with E-state index in [1.807, 2.05) is 36.9 Å². The third kappa shape index (κ3) is 4.64. The third-order valence-electron chi connectivity index (χ3n) is 7.02. The molecule has 0 aliphatic carbocycles. The normalized spacial score (nSPS) is 20.0. The summed E-state index contributed by atoms with van der Waals surface area (Å²) in [6.07, 6.45) is 1.39. The number of rotatable bonds is 5. The lowest BCUT2D eigenvalue weighted by molar-refractivity contribution is -0.137. The van der Waals surface area contributed by atoms with E-state index >= 15 is 0 Å². The van der Waals surface area contributed by atoms with Crippen molar-refractivity contribution in [3.8, 4) is 0 Å². The van der Waals surface area contributed by atoms with E-state index in [1.54, 1.807) is 22.9 Å². The van der Waals surface area contributed by atoms with E-state index in [9.17, 15) is 13.2 Å². The van der Waals surface area contributed by atoms with Crippen molar-refractivity contribution < 1.29 is 13.2 Å². The van der Waals surface area contributed by atoms with Crippen LogP contribution in [0.5, 0.6) is 0 Å². The molecular weight excluding hydrogens is 464 g/mol. The van der Waals surface area contributed by atoms with Crippen LogP contribution in [0.25, 0.3) is 11.0 Å². The van der Waals surface area contributed by atoms with Gasteiger partial charge in [-0.3, -0.25) is 4.79 Å². The van der Waals surface area contributed by atoms with Crippen LogP contribution in [-0.2, 0) is 14.8 Å². The number of sulfonamides is 1. The molecule has 10 heteroatoms. The molecule has 0 spiro atoms. The van der Waals surface area contributed by atoms with Crippen molar-refractivity contribution in [2.24, 2.45) is 5.92 Å². The van der Waals surface area contributed by atoms with Crippen LogP contribution in [-0.4, -0.2) is 77.8 Å². The van der Waals surface area contributed by atoms with E-state index in [0.29, 0.717) is 38.0 Å². The lowest BCUT2D eigenvalue weighted by Crippen LogP contribution is -2.53. The lowest BCUT2D eigenvalue weighted by atomic mass is 9.97. The highest BCUT2D eigenvalue weighted by atomic mass is 32.2. The number of piperidine rings is 1. The highest BCUT2D eigenvalue weighted by molar-refractivity contribution is 7.89. The van der Waals surface area contributed by atoms with E-state index in [0.717, 1.165) is 18.6 Å². The summed E-state index contributed by atoms with van der Waals surface area (Å²) >= 11 is 0. The maximum absolute atomic E-state index is 13.5. The van der Waals surface area contributed by atoms with Crippen LogP contribution in [0.15, 0.2) is 53.4 Å². The van der Waals surface area contributed by atoms with Crippen molar-refractivity contribution in [1.82, 2.24) is 24.2 Å². The lowest BCUT2D eigenvalue weighted by Gasteiger charge is -2.39. The first-order chi connectivity index (χ1) is 16.8. The zero-order valence-corrected chi connectivity index (χ0v) is 21.1. The number of fused-ring (bicyclic) bond motifs is 1. The molecule has 1 aromatic heterocycles. The van der Waals surface area contributed by atoms with Gasteiger partial charge in [0.15, 0.2) is 0 Å². The van der Waals surface area contributed by atoms with Gasteiger partial charge in [-0.1, -0.05) is 23.4 Å². The first kappa shape index (κ1) is 23.7. The average Bonchev–Trinajstić information content (AvgIpc) is 3.33. The van der Waals surface area contributed by atoms with Crippen LogP contribution < -0.4 is 4.90 Å². The smallest absolute Gasteiger partial charge is 0.243 e. The molecule has 0 unspecified atom stereocenters. The van der Waals surface area contributed by atoms with Gasteiger partial charge in [-0.15, -0.1) is 5.10 Å². The van der Waals surface area contributed by atoms with Gasteiger partial charge in [0.25, 0.3) is 0 Å². The molecule has 0 bridgehead atoms. The molecule has 2 aromatic carbocycles. The molecule has 9 nitrogen and oxygen atoms in total. The zero-order chi connectivity index (χ0) is 24.6. The van der Waals surface area contributed by atoms with Crippen molar-refractivity contribution in [3.63, 3.8) is 0 Å². The van der Waals surface area contributed by atoms with Crippen molar-refractivity contribution in [3.05, 3.63) is 48.5 Å². The molecule has 2 aliphatic rings. The molecule has 0 saturated carbocycles. The zero-order valence-electron chi connectivity index (χ0n) is 20.2. The van der Waals surface area contributed by atoms with Crippen molar-refractivity contribution in [1.29, 1.82) is 0 Å². The Morgan fingerprint density at radius 3 is 2.46 bits per heavy atom. The molecule has 1 amide bonds. The number of carbonyl (C=O) groups is 1. The first-order valence-corrected chi connectivity index (χ1v) is 13.7. The van der Waals surface area contributed by atoms with Crippen molar-refractivity contribution in [2.45, 2.75) is 37.6 Å². The molecule has 2 saturated heterocycles. The summed E-state index contributed by atoms with van der Waals surface area (Å²) in [5, 5.41) is 8.30. The van der Waals surface area contributed by atoms with Crippen LogP contribution in [0.3, 0.4) is 0 Å². The molecule has 35 heavy (non-hydrogen) atoms. The number of para-hydroxylation sites is 1. The molecule has 3 aromatic rings. The van der Waals surface area contributed by atoms with Gasteiger partial charge in [-0.2, -0.15) is 4.31 Å². The number of hydrogen-bond donors (Lipinski definition) is 0. The second-order valence-electron chi connectivity index (χ2n) is 9.63. The summed E-state index contributed by atoms with van der Waals surface area (Å²) < 4.78 is 30.2. The number of nitrogens with zero attached hydrogens (tertiary/aromatic N) is 6. The van der Waals surface area contributed by atoms with Gasteiger partial charge in [0.1, 0.15) is 5.52 Å². The fourth-order valence-corrected chi connectivity index (χ4v) is 6.60. The third-order valence-corrected chi connectivity index (χ3v) is 8.88. The maximum atomic E-state index is 13.5. The number of anilines is 1. The van der Waals surface area contributed by atoms with Crippen LogP contribution in [0, 0.1) is 5.92 Å². The standard InChI is InChI=1S/C25H32N6O3S/c1-19(2)31-24-11-10-22(17-23(24)26-27-31)35(33,34)30-12-6-7-20(18-30)25(32)29-15-13-28(14-16-29)21-8-4-3-5-9-21/h3-5,8-11,17,19-20H,6-7,12-16,18H2,1-2H3/t20-/m1/s1. The Hall–Kier alpha value is -2.98. The SMILES string of the molecule is CC(C)n1nnc2cc(S(=O)(=O)N3CCC[C@@H](C(=O)N4CCN(c5ccccc5)CC4)C3)ccc21. The summed E-state index contributed by atoms with van der Waals surface area (Å²) in [5.41, 5.74) is 2.53. The predicted molar refractivity (Wildman–Crippen MR) is 135 cm³/mol. The molecule has 5 rings (SSSR count). The number of hydrogen-bond acceptors (Lipinski definition) is 6. The summed E-state index contributed by atoms with van der Waals surface area (Å²) in [7, 11) is -3.73. The minimum Gasteiger partial charge on any atom is -0.368 e. The fraction of sp³-hybridized carbons (Fsp3) is 0.480. The van der Waals surface area contributed by atoms with Crippen LogP contribution in [0.4, 0.5) is 5.69 Å². The number of piperazine rings is 1. The molecule has 2 aliphatic heterocycles. The Bertz CT molecular complexity index is 1300.